The summed E-state index contributed by atoms with van der Waals surface area (Å²) < 4.78 is 0. The van der Waals surface area contributed by atoms with E-state index in [2.05, 4.69) is 49.5 Å². The van der Waals surface area contributed by atoms with Crippen molar-refractivity contribution in [2.45, 2.75) is 38.8 Å². The summed E-state index contributed by atoms with van der Waals surface area (Å²) >= 11 is 0. The molecule has 0 radical (unpaired) electrons. The molecule has 2 heteroatoms. The molecule has 2 aromatic carbocycles. The van der Waals surface area contributed by atoms with E-state index in [4.69, 9.17) is 0 Å². The molecule has 0 heterocycles. The van der Waals surface area contributed by atoms with Gasteiger partial charge in [0.15, 0.2) is 0 Å². The van der Waals surface area contributed by atoms with E-state index in [1.807, 2.05) is 12.1 Å². The van der Waals surface area contributed by atoms with Crippen LogP contribution in [0.15, 0.2) is 54.6 Å². The van der Waals surface area contributed by atoms with Gasteiger partial charge in [0.25, 0.3) is 0 Å². The van der Waals surface area contributed by atoms with Crippen LogP contribution in [-0.2, 0) is 6.42 Å². The number of benzene rings is 2. The van der Waals surface area contributed by atoms with Gasteiger partial charge in [-0.2, -0.15) is 0 Å². The molecule has 2 nitrogen and oxygen atoms in total. The van der Waals surface area contributed by atoms with Gasteiger partial charge in [0.05, 0.1) is 0 Å². The zero-order valence-corrected chi connectivity index (χ0v) is 12.2. The molecule has 0 aliphatic carbocycles. The SMILES string of the molecule is CCC(NC(C)Cc1ccc(O)cc1)c1ccccc1. The van der Waals surface area contributed by atoms with Crippen molar-refractivity contribution in [1.29, 1.82) is 0 Å². The van der Waals surface area contributed by atoms with Crippen LogP contribution in [0.25, 0.3) is 0 Å². The summed E-state index contributed by atoms with van der Waals surface area (Å²) in [5, 5.41) is 13.0. The first kappa shape index (κ1) is 14.6. The largest absolute Gasteiger partial charge is 0.508 e. The highest BCUT2D eigenvalue weighted by Crippen LogP contribution is 2.18. The normalized spacial score (nSPS) is 13.9. The summed E-state index contributed by atoms with van der Waals surface area (Å²) in [4.78, 5) is 0. The van der Waals surface area contributed by atoms with Gasteiger partial charge in [-0.3, -0.25) is 0 Å². The highest BCUT2D eigenvalue weighted by molar-refractivity contribution is 5.26. The van der Waals surface area contributed by atoms with Gasteiger partial charge in [-0.25, -0.2) is 0 Å². The highest BCUT2D eigenvalue weighted by Gasteiger charge is 2.12. The summed E-state index contributed by atoms with van der Waals surface area (Å²) in [6.07, 6.45) is 2.04. The van der Waals surface area contributed by atoms with Crippen LogP contribution in [0.3, 0.4) is 0 Å². The van der Waals surface area contributed by atoms with E-state index < -0.39 is 0 Å². The lowest BCUT2D eigenvalue weighted by Crippen LogP contribution is -2.31. The van der Waals surface area contributed by atoms with E-state index in [1.54, 1.807) is 12.1 Å². The summed E-state index contributed by atoms with van der Waals surface area (Å²) in [6.45, 7) is 4.41. The van der Waals surface area contributed by atoms with Gasteiger partial charge >= 0.3 is 0 Å². The maximum Gasteiger partial charge on any atom is 0.115 e. The van der Waals surface area contributed by atoms with E-state index in [9.17, 15) is 5.11 Å². The van der Waals surface area contributed by atoms with Crippen LogP contribution in [0.4, 0.5) is 0 Å². The average molecular weight is 269 g/mol. The minimum atomic E-state index is 0.324. The van der Waals surface area contributed by atoms with Crippen molar-refractivity contribution < 1.29 is 5.11 Å². The summed E-state index contributed by atoms with van der Waals surface area (Å²) in [5.41, 5.74) is 2.58. The molecule has 0 bridgehead atoms. The van der Waals surface area contributed by atoms with Gasteiger partial charge < -0.3 is 10.4 Å². The Morgan fingerprint density at radius 1 is 1.00 bits per heavy atom. The first-order chi connectivity index (χ1) is 9.69. The Labute approximate surface area is 121 Å². The Hall–Kier alpha value is -1.80. The van der Waals surface area contributed by atoms with Crippen molar-refractivity contribution in [2.75, 3.05) is 0 Å². The fourth-order valence-electron chi connectivity index (χ4n) is 2.52. The number of hydrogen-bond acceptors (Lipinski definition) is 2. The molecule has 0 amide bonds. The van der Waals surface area contributed by atoms with Gasteiger partial charge in [-0.05, 0) is 43.0 Å². The molecule has 0 saturated heterocycles. The second-order valence-corrected chi connectivity index (χ2v) is 5.31. The molecule has 2 atom stereocenters. The van der Waals surface area contributed by atoms with Crippen molar-refractivity contribution in [3.8, 4) is 5.75 Å². The second kappa shape index (κ2) is 7.11. The standard InChI is InChI=1S/C18H23NO/c1-3-18(16-7-5-4-6-8-16)19-14(2)13-15-9-11-17(20)12-10-15/h4-12,14,18-20H,3,13H2,1-2H3. The van der Waals surface area contributed by atoms with Gasteiger partial charge in [-0.15, -0.1) is 0 Å². The molecule has 2 unspecified atom stereocenters. The van der Waals surface area contributed by atoms with E-state index in [1.165, 1.54) is 11.1 Å². The first-order valence-corrected chi connectivity index (χ1v) is 7.28. The maximum absolute atomic E-state index is 9.31. The molecule has 0 saturated carbocycles. The molecule has 0 aliphatic heterocycles. The Bertz CT molecular complexity index is 507. The molecule has 2 N–H and O–H groups in total. The van der Waals surface area contributed by atoms with Crippen LogP contribution in [0.1, 0.15) is 37.4 Å². The van der Waals surface area contributed by atoms with E-state index >= 15 is 0 Å². The highest BCUT2D eigenvalue weighted by atomic mass is 16.3. The van der Waals surface area contributed by atoms with Crippen LogP contribution < -0.4 is 5.32 Å². The third kappa shape index (κ3) is 4.10. The number of rotatable bonds is 6. The fraction of sp³-hybridized carbons (Fsp3) is 0.333. The third-order valence-corrected chi connectivity index (χ3v) is 3.57. The van der Waals surface area contributed by atoms with Gasteiger partial charge in [0, 0.05) is 12.1 Å². The van der Waals surface area contributed by atoms with Crippen molar-refractivity contribution >= 4 is 0 Å². The smallest absolute Gasteiger partial charge is 0.115 e. The van der Waals surface area contributed by atoms with Crippen LogP contribution in [0.2, 0.25) is 0 Å². The summed E-state index contributed by atoms with van der Waals surface area (Å²) in [7, 11) is 0. The van der Waals surface area contributed by atoms with Crippen LogP contribution in [-0.4, -0.2) is 11.1 Å². The minimum Gasteiger partial charge on any atom is -0.508 e. The van der Waals surface area contributed by atoms with Gasteiger partial charge in [0.1, 0.15) is 5.75 Å². The number of phenols is 1. The number of aromatic hydroxyl groups is 1. The molecule has 0 spiro atoms. The number of nitrogens with one attached hydrogen (secondary N) is 1. The fourth-order valence-corrected chi connectivity index (χ4v) is 2.52. The monoisotopic (exact) mass is 269 g/mol. The number of phenolic OH excluding ortho intramolecular Hbond substituents is 1. The molecule has 0 aliphatic rings. The summed E-state index contributed by atoms with van der Waals surface area (Å²) in [5.74, 6) is 0.324. The Kier molecular flexibility index (Phi) is 5.19. The maximum atomic E-state index is 9.31. The molecule has 20 heavy (non-hydrogen) atoms. The second-order valence-electron chi connectivity index (χ2n) is 5.31. The number of hydrogen-bond donors (Lipinski definition) is 2. The minimum absolute atomic E-state index is 0.324. The van der Waals surface area contributed by atoms with Crippen LogP contribution >= 0.6 is 0 Å². The first-order valence-electron chi connectivity index (χ1n) is 7.28. The Morgan fingerprint density at radius 3 is 2.25 bits per heavy atom. The molecular weight excluding hydrogens is 246 g/mol. The van der Waals surface area contributed by atoms with Gasteiger partial charge in [-0.1, -0.05) is 49.4 Å². The quantitative estimate of drug-likeness (QED) is 0.828. The Morgan fingerprint density at radius 2 is 1.65 bits per heavy atom. The topological polar surface area (TPSA) is 32.3 Å². The van der Waals surface area contributed by atoms with Crippen molar-refractivity contribution in [1.82, 2.24) is 5.32 Å². The molecule has 2 aromatic rings. The predicted octanol–water partition coefficient (Wildman–Crippen LogP) is 4.06. The lowest BCUT2D eigenvalue weighted by molar-refractivity contribution is 0.443. The van der Waals surface area contributed by atoms with Crippen molar-refractivity contribution in [3.05, 3.63) is 65.7 Å². The van der Waals surface area contributed by atoms with Crippen LogP contribution in [0, 0.1) is 0 Å². The molecule has 106 valence electrons. The van der Waals surface area contributed by atoms with Crippen LogP contribution in [0.5, 0.6) is 5.75 Å². The van der Waals surface area contributed by atoms with E-state index in [0.717, 1.165) is 12.8 Å². The Balaban J connectivity index is 1.95. The van der Waals surface area contributed by atoms with E-state index in [0.29, 0.717) is 17.8 Å². The van der Waals surface area contributed by atoms with Gasteiger partial charge in [0.2, 0.25) is 0 Å². The predicted molar refractivity (Wildman–Crippen MR) is 83.9 cm³/mol. The van der Waals surface area contributed by atoms with E-state index in [-0.39, 0.29) is 0 Å². The zero-order chi connectivity index (χ0) is 14.4. The van der Waals surface area contributed by atoms with Crippen molar-refractivity contribution in [2.24, 2.45) is 0 Å². The molecule has 2 rings (SSSR count). The van der Waals surface area contributed by atoms with Crippen molar-refractivity contribution in [3.63, 3.8) is 0 Å². The lowest BCUT2D eigenvalue weighted by atomic mass is 10.0. The lowest BCUT2D eigenvalue weighted by Gasteiger charge is -2.23. The summed E-state index contributed by atoms with van der Waals surface area (Å²) in [6, 6.07) is 18.8. The molecule has 0 fully saturated rings. The average Bonchev–Trinajstić information content (AvgIpc) is 2.48. The zero-order valence-electron chi connectivity index (χ0n) is 12.2. The molecule has 0 aromatic heterocycles. The molecular formula is C18H23NO. The third-order valence-electron chi connectivity index (χ3n) is 3.57.